The van der Waals surface area contributed by atoms with Gasteiger partial charge >= 0.3 is 5.97 Å². The number of ether oxygens (including phenoxy) is 1. The normalized spacial score (nSPS) is 22.9. The Bertz CT molecular complexity index is 594. The summed E-state index contributed by atoms with van der Waals surface area (Å²) in [5.41, 5.74) is 1.84. The molecule has 1 atom stereocenters. The lowest BCUT2D eigenvalue weighted by atomic mass is 10.0. The zero-order valence-electron chi connectivity index (χ0n) is 11.8. The number of carbonyl (C=O) groups is 1. The van der Waals surface area contributed by atoms with Crippen molar-refractivity contribution in [2.24, 2.45) is 0 Å². The molecule has 6 nitrogen and oxygen atoms in total. The predicted molar refractivity (Wildman–Crippen MR) is 72.4 cm³/mol. The van der Waals surface area contributed by atoms with E-state index < -0.39 is 0 Å². The Balaban J connectivity index is 1.87. The number of hydrogen-bond acceptors (Lipinski definition) is 5. The van der Waals surface area contributed by atoms with E-state index in [0.29, 0.717) is 13.2 Å². The van der Waals surface area contributed by atoms with E-state index in [9.17, 15) is 9.59 Å². The Labute approximate surface area is 117 Å². The third-order valence-corrected chi connectivity index (χ3v) is 3.97. The van der Waals surface area contributed by atoms with Gasteiger partial charge in [-0.25, -0.2) is 4.68 Å². The Morgan fingerprint density at radius 2 is 2.20 bits per heavy atom. The summed E-state index contributed by atoms with van der Waals surface area (Å²) in [6, 6.07) is 1.57. The van der Waals surface area contributed by atoms with Crippen LogP contribution < -0.4 is 5.56 Å². The Hall–Kier alpha value is -1.69. The molecular weight excluding hydrogens is 258 g/mol. The van der Waals surface area contributed by atoms with E-state index in [1.807, 2.05) is 13.8 Å². The number of nitrogens with zero attached hydrogens (tertiary/aromatic N) is 3. The van der Waals surface area contributed by atoms with Crippen molar-refractivity contribution in [2.75, 3.05) is 13.2 Å². The summed E-state index contributed by atoms with van der Waals surface area (Å²) in [7, 11) is 0. The highest BCUT2D eigenvalue weighted by Gasteiger charge is 2.34. The summed E-state index contributed by atoms with van der Waals surface area (Å²) in [5.74, 6) is -0.142. The number of esters is 1. The largest absolute Gasteiger partial charge is 0.464 e. The van der Waals surface area contributed by atoms with Crippen molar-refractivity contribution >= 4 is 5.97 Å². The molecule has 0 aliphatic carbocycles. The maximum atomic E-state index is 12.0. The molecule has 1 fully saturated rings. The van der Waals surface area contributed by atoms with E-state index in [1.54, 1.807) is 6.07 Å². The van der Waals surface area contributed by atoms with Crippen LogP contribution in [0.25, 0.3) is 0 Å². The standard InChI is InChI=1S/C14H19N3O3/c1-9(2)17-13(18)7-10-8-16(5-3-11(10)15-17)12-4-6-20-14(12)19/h7,9,12H,3-6,8H2,1-2H3/t12-/m1/s1. The molecule has 3 rings (SSSR count). The van der Waals surface area contributed by atoms with E-state index in [2.05, 4.69) is 10.00 Å². The topological polar surface area (TPSA) is 64.4 Å². The fraction of sp³-hybridized carbons (Fsp3) is 0.643. The molecule has 0 spiro atoms. The number of hydrogen-bond donors (Lipinski definition) is 0. The van der Waals surface area contributed by atoms with Gasteiger partial charge in [0.25, 0.3) is 5.56 Å². The lowest BCUT2D eigenvalue weighted by Crippen LogP contribution is -2.43. The van der Waals surface area contributed by atoms with Crippen molar-refractivity contribution in [3.63, 3.8) is 0 Å². The van der Waals surface area contributed by atoms with Gasteiger partial charge in [-0.3, -0.25) is 14.5 Å². The maximum Gasteiger partial charge on any atom is 0.323 e. The Morgan fingerprint density at radius 1 is 1.40 bits per heavy atom. The third kappa shape index (κ3) is 2.24. The molecule has 0 N–H and O–H groups in total. The van der Waals surface area contributed by atoms with E-state index in [-0.39, 0.29) is 23.6 Å². The summed E-state index contributed by atoms with van der Waals surface area (Å²) in [6.07, 6.45) is 1.51. The van der Waals surface area contributed by atoms with Crippen molar-refractivity contribution in [2.45, 2.75) is 45.3 Å². The van der Waals surface area contributed by atoms with Crippen LogP contribution in [0.2, 0.25) is 0 Å². The van der Waals surface area contributed by atoms with E-state index in [1.165, 1.54) is 4.68 Å². The van der Waals surface area contributed by atoms with Crippen LogP contribution in [0.1, 0.15) is 37.6 Å². The molecular formula is C14H19N3O3. The summed E-state index contributed by atoms with van der Waals surface area (Å²) in [5, 5.41) is 4.45. The van der Waals surface area contributed by atoms with Crippen LogP contribution in [0.5, 0.6) is 0 Å². The minimum absolute atomic E-state index is 0.0654. The molecule has 2 aliphatic heterocycles. The molecule has 6 heteroatoms. The SMILES string of the molecule is CC(C)n1nc2c(cc1=O)CN([C@@H]1CCOC1=O)CC2. The zero-order valence-corrected chi connectivity index (χ0v) is 11.8. The quantitative estimate of drug-likeness (QED) is 0.736. The molecule has 0 radical (unpaired) electrons. The Kier molecular flexibility index (Phi) is 3.33. The van der Waals surface area contributed by atoms with Gasteiger partial charge < -0.3 is 4.74 Å². The number of rotatable bonds is 2. The van der Waals surface area contributed by atoms with Gasteiger partial charge in [-0.05, 0) is 19.4 Å². The van der Waals surface area contributed by atoms with Crippen LogP contribution in [-0.2, 0) is 22.5 Å². The fourth-order valence-corrected chi connectivity index (χ4v) is 2.89. The van der Waals surface area contributed by atoms with E-state index in [0.717, 1.165) is 30.6 Å². The van der Waals surface area contributed by atoms with Crippen LogP contribution in [-0.4, -0.2) is 39.8 Å². The third-order valence-electron chi connectivity index (χ3n) is 3.97. The van der Waals surface area contributed by atoms with Gasteiger partial charge in [0.05, 0.1) is 18.3 Å². The van der Waals surface area contributed by atoms with Gasteiger partial charge in [0.2, 0.25) is 0 Å². The van der Waals surface area contributed by atoms with Crippen LogP contribution in [0, 0.1) is 0 Å². The highest BCUT2D eigenvalue weighted by Crippen LogP contribution is 2.22. The zero-order chi connectivity index (χ0) is 14.3. The maximum absolute atomic E-state index is 12.0. The van der Waals surface area contributed by atoms with Crippen molar-refractivity contribution in [3.8, 4) is 0 Å². The first-order valence-electron chi connectivity index (χ1n) is 7.08. The molecule has 108 valence electrons. The molecule has 20 heavy (non-hydrogen) atoms. The second kappa shape index (κ2) is 5.01. The van der Waals surface area contributed by atoms with E-state index >= 15 is 0 Å². The molecule has 0 bridgehead atoms. The average molecular weight is 277 g/mol. The molecule has 1 aromatic rings. The van der Waals surface area contributed by atoms with Gasteiger partial charge in [-0.1, -0.05) is 0 Å². The highest BCUT2D eigenvalue weighted by molar-refractivity contribution is 5.77. The molecule has 1 saturated heterocycles. The van der Waals surface area contributed by atoms with Crippen LogP contribution >= 0.6 is 0 Å². The minimum atomic E-state index is -0.157. The van der Waals surface area contributed by atoms with Crippen LogP contribution in [0.4, 0.5) is 0 Å². The molecule has 3 heterocycles. The smallest absolute Gasteiger partial charge is 0.323 e. The molecule has 0 amide bonds. The summed E-state index contributed by atoms with van der Waals surface area (Å²) >= 11 is 0. The molecule has 0 saturated carbocycles. The van der Waals surface area contributed by atoms with Gasteiger partial charge in [-0.15, -0.1) is 0 Å². The monoisotopic (exact) mass is 277 g/mol. The lowest BCUT2D eigenvalue weighted by Gasteiger charge is -2.31. The number of carbonyl (C=O) groups excluding carboxylic acids is 1. The first kappa shape index (κ1) is 13.3. The lowest BCUT2D eigenvalue weighted by molar-refractivity contribution is -0.142. The minimum Gasteiger partial charge on any atom is -0.464 e. The van der Waals surface area contributed by atoms with Crippen molar-refractivity contribution in [1.29, 1.82) is 0 Å². The Morgan fingerprint density at radius 3 is 2.85 bits per heavy atom. The number of aromatic nitrogens is 2. The predicted octanol–water partition coefficient (Wildman–Crippen LogP) is 0.498. The summed E-state index contributed by atoms with van der Waals surface area (Å²) in [4.78, 5) is 25.8. The second-order valence-electron chi connectivity index (χ2n) is 5.69. The van der Waals surface area contributed by atoms with Gasteiger partial charge in [0.15, 0.2) is 0 Å². The first-order chi connectivity index (χ1) is 9.56. The van der Waals surface area contributed by atoms with Crippen LogP contribution in [0.3, 0.4) is 0 Å². The highest BCUT2D eigenvalue weighted by atomic mass is 16.5. The van der Waals surface area contributed by atoms with Crippen LogP contribution in [0.15, 0.2) is 10.9 Å². The van der Waals surface area contributed by atoms with Crippen molar-refractivity contribution in [3.05, 3.63) is 27.7 Å². The molecule has 1 aromatic heterocycles. The average Bonchev–Trinajstić information content (AvgIpc) is 2.83. The van der Waals surface area contributed by atoms with Gasteiger partial charge in [0.1, 0.15) is 6.04 Å². The second-order valence-corrected chi connectivity index (χ2v) is 5.69. The number of cyclic esters (lactones) is 1. The summed E-state index contributed by atoms with van der Waals surface area (Å²) < 4.78 is 6.55. The van der Waals surface area contributed by atoms with Gasteiger partial charge in [-0.2, -0.15) is 5.10 Å². The molecule has 0 aromatic carbocycles. The van der Waals surface area contributed by atoms with E-state index in [4.69, 9.17) is 4.74 Å². The molecule has 0 unspecified atom stereocenters. The fourth-order valence-electron chi connectivity index (χ4n) is 2.89. The molecule has 2 aliphatic rings. The number of fused-ring (bicyclic) bond motifs is 1. The summed E-state index contributed by atoms with van der Waals surface area (Å²) in [6.45, 7) is 5.79. The first-order valence-corrected chi connectivity index (χ1v) is 7.08. The van der Waals surface area contributed by atoms with Gasteiger partial charge in [0, 0.05) is 32.0 Å². The van der Waals surface area contributed by atoms with Crippen molar-refractivity contribution in [1.82, 2.24) is 14.7 Å². The van der Waals surface area contributed by atoms with Crippen molar-refractivity contribution < 1.29 is 9.53 Å².